The highest BCUT2D eigenvalue weighted by Crippen LogP contribution is 2.25. The van der Waals surface area contributed by atoms with Crippen molar-refractivity contribution in [3.63, 3.8) is 0 Å². The summed E-state index contributed by atoms with van der Waals surface area (Å²) in [6.07, 6.45) is 3.58. The van der Waals surface area contributed by atoms with Gasteiger partial charge in [-0.1, -0.05) is 42.7 Å². The average Bonchev–Trinajstić information content (AvgIpc) is 2.28. The van der Waals surface area contributed by atoms with Gasteiger partial charge in [0.1, 0.15) is 0 Å². The normalized spacial score (nSPS) is 25.0. The second kappa shape index (κ2) is 5.41. The zero-order valence-corrected chi connectivity index (χ0v) is 11.6. The number of nitrogens with two attached hydrogens (primary N) is 1. The minimum absolute atomic E-state index is 0.118. The van der Waals surface area contributed by atoms with Crippen molar-refractivity contribution >= 4 is 9.84 Å². The molecule has 100 valence electrons. The lowest BCUT2D eigenvalue weighted by Gasteiger charge is -2.28. The van der Waals surface area contributed by atoms with Crippen LogP contribution in [-0.4, -0.2) is 19.7 Å². The Hall–Kier alpha value is -0.870. The first-order valence-corrected chi connectivity index (χ1v) is 8.23. The fourth-order valence-electron chi connectivity index (χ4n) is 2.71. The van der Waals surface area contributed by atoms with E-state index in [9.17, 15) is 8.42 Å². The molecular weight excluding hydrogens is 246 g/mol. The molecule has 18 heavy (non-hydrogen) atoms. The topological polar surface area (TPSA) is 60.2 Å². The summed E-state index contributed by atoms with van der Waals surface area (Å²) in [5.74, 6) is 0.118. The molecule has 0 bridgehead atoms. The highest BCUT2D eigenvalue weighted by atomic mass is 32.2. The maximum absolute atomic E-state index is 12.4. The van der Waals surface area contributed by atoms with Crippen LogP contribution in [0.15, 0.2) is 24.3 Å². The van der Waals surface area contributed by atoms with Gasteiger partial charge < -0.3 is 5.73 Å². The smallest absolute Gasteiger partial charge is 0.158 e. The van der Waals surface area contributed by atoms with Gasteiger partial charge in [0.2, 0.25) is 0 Å². The second-order valence-corrected chi connectivity index (χ2v) is 7.50. The fourth-order valence-corrected chi connectivity index (χ4v) is 4.77. The summed E-state index contributed by atoms with van der Waals surface area (Å²) in [5.41, 5.74) is 7.93. The Morgan fingerprint density at radius 1 is 1.28 bits per heavy atom. The largest absolute Gasteiger partial charge is 0.327 e. The van der Waals surface area contributed by atoms with Gasteiger partial charge in [-0.25, -0.2) is 8.42 Å². The summed E-state index contributed by atoms with van der Waals surface area (Å²) in [6, 6.07) is 7.50. The standard InChI is InChI=1S/C14H21NO2S/c1-11-5-4-6-12(9-11)10-18(16,17)14-8-3-2-7-13(14)15/h4-6,9,13-14H,2-3,7-8,10,15H2,1H3. The SMILES string of the molecule is Cc1cccc(CS(=O)(=O)C2CCCCC2N)c1. The molecule has 3 nitrogen and oxygen atoms in total. The molecular formula is C14H21NO2S. The van der Waals surface area contributed by atoms with Gasteiger partial charge in [-0.15, -0.1) is 0 Å². The molecule has 2 atom stereocenters. The van der Waals surface area contributed by atoms with Crippen molar-refractivity contribution in [3.8, 4) is 0 Å². The molecule has 0 radical (unpaired) electrons. The molecule has 1 fully saturated rings. The van der Waals surface area contributed by atoms with Gasteiger partial charge in [0.15, 0.2) is 9.84 Å². The minimum Gasteiger partial charge on any atom is -0.327 e. The number of rotatable bonds is 3. The van der Waals surface area contributed by atoms with Crippen molar-refractivity contribution < 1.29 is 8.42 Å². The molecule has 1 aromatic rings. The van der Waals surface area contributed by atoms with Crippen LogP contribution in [0.3, 0.4) is 0 Å². The lowest BCUT2D eigenvalue weighted by atomic mass is 9.96. The van der Waals surface area contributed by atoms with E-state index in [1.54, 1.807) is 0 Å². The van der Waals surface area contributed by atoms with E-state index in [0.717, 1.165) is 36.8 Å². The lowest BCUT2D eigenvalue weighted by molar-refractivity contribution is 0.431. The van der Waals surface area contributed by atoms with Crippen LogP contribution in [0, 0.1) is 6.92 Å². The first-order chi connectivity index (χ1) is 8.49. The second-order valence-electron chi connectivity index (χ2n) is 5.28. The summed E-state index contributed by atoms with van der Waals surface area (Å²) in [4.78, 5) is 0. The molecule has 0 spiro atoms. The minimum atomic E-state index is -3.13. The molecule has 0 aliphatic heterocycles. The monoisotopic (exact) mass is 267 g/mol. The van der Waals surface area contributed by atoms with Crippen LogP contribution in [0.25, 0.3) is 0 Å². The van der Waals surface area contributed by atoms with Gasteiger partial charge in [0.25, 0.3) is 0 Å². The molecule has 2 unspecified atom stereocenters. The van der Waals surface area contributed by atoms with Crippen molar-refractivity contribution in [3.05, 3.63) is 35.4 Å². The van der Waals surface area contributed by atoms with Gasteiger partial charge in [0.05, 0.1) is 11.0 Å². The Morgan fingerprint density at radius 2 is 2.00 bits per heavy atom. The first-order valence-electron chi connectivity index (χ1n) is 6.52. The third-order valence-corrected chi connectivity index (χ3v) is 5.91. The van der Waals surface area contributed by atoms with Gasteiger partial charge >= 0.3 is 0 Å². The molecule has 1 aromatic carbocycles. The third-order valence-electron chi connectivity index (χ3n) is 3.67. The third kappa shape index (κ3) is 3.12. The van der Waals surface area contributed by atoms with Crippen molar-refractivity contribution in [2.24, 2.45) is 5.73 Å². The first kappa shape index (κ1) is 13.6. The van der Waals surface area contributed by atoms with Gasteiger partial charge in [0, 0.05) is 6.04 Å². The fraction of sp³-hybridized carbons (Fsp3) is 0.571. The van der Waals surface area contributed by atoms with E-state index in [1.807, 2.05) is 31.2 Å². The van der Waals surface area contributed by atoms with E-state index in [-0.39, 0.29) is 17.0 Å². The number of benzene rings is 1. The predicted octanol–water partition coefficient (Wildman–Crippen LogP) is 2.18. The average molecular weight is 267 g/mol. The molecule has 2 N–H and O–H groups in total. The summed E-state index contributed by atoms with van der Waals surface area (Å²) in [6.45, 7) is 1.97. The Bertz CT molecular complexity index is 510. The Balaban J connectivity index is 2.16. The number of hydrogen-bond donors (Lipinski definition) is 1. The molecule has 1 aliphatic carbocycles. The summed E-state index contributed by atoms with van der Waals surface area (Å²) in [5, 5.41) is -0.355. The van der Waals surface area contributed by atoms with E-state index in [2.05, 4.69) is 0 Å². The van der Waals surface area contributed by atoms with E-state index in [0.29, 0.717) is 0 Å². The van der Waals surface area contributed by atoms with Gasteiger partial charge in [-0.05, 0) is 25.3 Å². The molecule has 0 saturated heterocycles. The molecule has 1 saturated carbocycles. The molecule has 2 rings (SSSR count). The van der Waals surface area contributed by atoms with E-state index in [1.165, 1.54) is 0 Å². The van der Waals surface area contributed by atoms with E-state index < -0.39 is 9.84 Å². The summed E-state index contributed by atoms with van der Waals surface area (Å²) < 4.78 is 24.8. The van der Waals surface area contributed by atoms with Crippen molar-refractivity contribution in [2.45, 2.75) is 49.7 Å². The molecule has 1 aliphatic rings. The Kier molecular flexibility index (Phi) is 4.07. The van der Waals surface area contributed by atoms with Gasteiger partial charge in [-0.2, -0.15) is 0 Å². The van der Waals surface area contributed by atoms with Crippen LogP contribution in [0.5, 0.6) is 0 Å². The van der Waals surface area contributed by atoms with Crippen molar-refractivity contribution in [2.75, 3.05) is 0 Å². The highest BCUT2D eigenvalue weighted by molar-refractivity contribution is 7.91. The van der Waals surface area contributed by atoms with Crippen LogP contribution in [-0.2, 0) is 15.6 Å². The number of hydrogen-bond acceptors (Lipinski definition) is 3. The highest BCUT2D eigenvalue weighted by Gasteiger charge is 2.33. The summed E-state index contributed by atoms with van der Waals surface area (Å²) in [7, 11) is -3.13. The summed E-state index contributed by atoms with van der Waals surface area (Å²) >= 11 is 0. The van der Waals surface area contributed by atoms with Crippen LogP contribution < -0.4 is 5.73 Å². The van der Waals surface area contributed by atoms with Crippen LogP contribution in [0.2, 0.25) is 0 Å². The lowest BCUT2D eigenvalue weighted by Crippen LogP contribution is -2.43. The Labute approximate surface area is 109 Å². The number of aryl methyl sites for hydroxylation is 1. The van der Waals surface area contributed by atoms with E-state index in [4.69, 9.17) is 5.73 Å². The van der Waals surface area contributed by atoms with Crippen LogP contribution in [0.1, 0.15) is 36.8 Å². The maximum Gasteiger partial charge on any atom is 0.158 e. The molecule has 4 heteroatoms. The zero-order chi connectivity index (χ0) is 13.2. The quantitative estimate of drug-likeness (QED) is 0.913. The number of sulfone groups is 1. The Morgan fingerprint density at radius 3 is 2.67 bits per heavy atom. The van der Waals surface area contributed by atoms with Crippen LogP contribution in [0.4, 0.5) is 0 Å². The van der Waals surface area contributed by atoms with E-state index >= 15 is 0 Å². The predicted molar refractivity (Wildman–Crippen MR) is 74.0 cm³/mol. The molecule has 0 aromatic heterocycles. The molecule has 0 heterocycles. The van der Waals surface area contributed by atoms with Crippen LogP contribution >= 0.6 is 0 Å². The molecule has 0 amide bonds. The van der Waals surface area contributed by atoms with Crippen molar-refractivity contribution in [1.29, 1.82) is 0 Å². The van der Waals surface area contributed by atoms with Crippen molar-refractivity contribution in [1.82, 2.24) is 0 Å². The maximum atomic E-state index is 12.4. The van der Waals surface area contributed by atoms with Gasteiger partial charge in [-0.3, -0.25) is 0 Å². The zero-order valence-electron chi connectivity index (χ0n) is 10.8.